The van der Waals surface area contributed by atoms with Crippen molar-refractivity contribution in [2.45, 2.75) is 20.8 Å². The molecule has 1 rings (SSSR count). The molecule has 2 heteroatoms. The maximum absolute atomic E-state index is 9.19. The fourth-order valence-corrected chi connectivity index (χ4v) is 1.52. The van der Waals surface area contributed by atoms with Crippen molar-refractivity contribution in [2.75, 3.05) is 18.5 Å². The predicted octanol–water partition coefficient (Wildman–Crippen LogP) is 2.67. The summed E-state index contributed by atoms with van der Waals surface area (Å²) in [5, 5.41) is 12.5. The first-order valence-corrected chi connectivity index (χ1v) is 5.55. The topological polar surface area (TPSA) is 32.3 Å². The van der Waals surface area contributed by atoms with Crippen molar-refractivity contribution in [3.63, 3.8) is 0 Å². The van der Waals surface area contributed by atoms with E-state index in [1.807, 2.05) is 6.07 Å². The van der Waals surface area contributed by atoms with Crippen molar-refractivity contribution in [3.8, 4) is 0 Å². The molecule has 0 saturated carbocycles. The van der Waals surface area contributed by atoms with E-state index in [-0.39, 0.29) is 6.61 Å². The van der Waals surface area contributed by atoms with Crippen molar-refractivity contribution in [2.24, 2.45) is 11.8 Å². The third-order valence-corrected chi connectivity index (χ3v) is 2.76. The number of hydrogen-bond acceptors (Lipinski definition) is 2. The summed E-state index contributed by atoms with van der Waals surface area (Å²) in [6, 6.07) is 8.30. The molecule has 1 unspecified atom stereocenters. The SMILES string of the molecule is Cc1cccc(NCC(CO)C(C)C)c1. The molecule has 0 aliphatic rings. The minimum absolute atomic E-state index is 0.247. The first-order valence-electron chi connectivity index (χ1n) is 5.55. The molecule has 0 fully saturated rings. The van der Waals surface area contributed by atoms with Crippen LogP contribution >= 0.6 is 0 Å². The van der Waals surface area contributed by atoms with Gasteiger partial charge in [0.05, 0.1) is 0 Å². The van der Waals surface area contributed by atoms with Gasteiger partial charge in [0.2, 0.25) is 0 Å². The second-order valence-corrected chi connectivity index (χ2v) is 4.44. The van der Waals surface area contributed by atoms with Crippen molar-refractivity contribution in [1.29, 1.82) is 0 Å². The van der Waals surface area contributed by atoms with Crippen molar-refractivity contribution in [1.82, 2.24) is 0 Å². The van der Waals surface area contributed by atoms with Crippen LogP contribution in [0.2, 0.25) is 0 Å². The fourth-order valence-electron chi connectivity index (χ4n) is 1.52. The third-order valence-electron chi connectivity index (χ3n) is 2.76. The molecule has 0 aliphatic heterocycles. The second kappa shape index (κ2) is 5.76. The Morgan fingerprint density at radius 2 is 2.07 bits per heavy atom. The van der Waals surface area contributed by atoms with Crippen LogP contribution in [0.5, 0.6) is 0 Å². The number of rotatable bonds is 5. The van der Waals surface area contributed by atoms with E-state index in [2.05, 4.69) is 44.3 Å². The molecule has 0 aliphatic carbocycles. The first kappa shape index (κ1) is 12.1. The Bertz CT molecular complexity index is 296. The normalized spacial score (nSPS) is 12.9. The van der Waals surface area contributed by atoms with Gasteiger partial charge in [0.1, 0.15) is 0 Å². The van der Waals surface area contributed by atoms with E-state index in [1.165, 1.54) is 5.56 Å². The van der Waals surface area contributed by atoms with Gasteiger partial charge in [-0.25, -0.2) is 0 Å². The van der Waals surface area contributed by atoms with Crippen LogP contribution in [0.25, 0.3) is 0 Å². The van der Waals surface area contributed by atoms with Crippen LogP contribution in [0, 0.1) is 18.8 Å². The Balaban J connectivity index is 2.49. The highest BCUT2D eigenvalue weighted by atomic mass is 16.3. The van der Waals surface area contributed by atoms with Crippen molar-refractivity contribution < 1.29 is 5.11 Å². The fraction of sp³-hybridized carbons (Fsp3) is 0.538. The van der Waals surface area contributed by atoms with Crippen LogP contribution in [0.4, 0.5) is 5.69 Å². The van der Waals surface area contributed by atoms with Crippen LogP contribution in [0.1, 0.15) is 19.4 Å². The zero-order valence-electron chi connectivity index (χ0n) is 9.83. The molecular weight excluding hydrogens is 186 g/mol. The smallest absolute Gasteiger partial charge is 0.0478 e. The average Bonchev–Trinajstić information content (AvgIpc) is 2.18. The maximum atomic E-state index is 9.19. The molecular formula is C13H21NO. The van der Waals surface area contributed by atoms with Crippen LogP contribution in [0.15, 0.2) is 24.3 Å². The molecule has 15 heavy (non-hydrogen) atoms. The average molecular weight is 207 g/mol. The van der Waals surface area contributed by atoms with Gasteiger partial charge in [-0.2, -0.15) is 0 Å². The lowest BCUT2D eigenvalue weighted by molar-refractivity contribution is 0.198. The van der Waals surface area contributed by atoms with Gasteiger partial charge < -0.3 is 10.4 Å². The summed E-state index contributed by atoms with van der Waals surface area (Å²) in [6.07, 6.45) is 0. The number of benzene rings is 1. The Morgan fingerprint density at radius 3 is 2.60 bits per heavy atom. The molecule has 0 amide bonds. The first-order chi connectivity index (χ1) is 7.13. The number of aryl methyl sites for hydroxylation is 1. The zero-order valence-corrected chi connectivity index (χ0v) is 9.83. The summed E-state index contributed by atoms with van der Waals surface area (Å²) in [6.45, 7) is 7.43. The molecule has 0 bridgehead atoms. The molecule has 2 N–H and O–H groups in total. The lowest BCUT2D eigenvalue weighted by atomic mass is 9.97. The van der Waals surface area contributed by atoms with Crippen molar-refractivity contribution >= 4 is 5.69 Å². The van der Waals surface area contributed by atoms with Gasteiger partial charge in [-0.05, 0) is 30.5 Å². The maximum Gasteiger partial charge on any atom is 0.0478 e. The highest BCUT2D eigenvalue weighted by molar-refractivity contribution is 5.45. The summed E-state index contributed by atoms with van der Waals surface area (Å²) in [7, 11) is 0. The Hall–Kier alpha value is -1.02. The largest absolute Gasteiger partial charge is 0.396 e. The number of nitrogens with one attached hydrogen (secondary N) is 1. The standard InChI is InChI=1S/C13H21NO/c1-10(2)12(9-15)8-14-13-6-4-5-11(3)7-13/h4-7,10,12,14-15H,8-9H2,1-3H3. The molecule has 1 aromatic rings. The molecule has 2 nitrogen and oxygen atoms in total. The van der Waals surface area contributed by atoms with E-state index in [1.54, 1.807) is 0 Å². The lowest BCUT2D eigenvalue weighted by Crippen LogP contribution is -2.22. The number of aliphatic hydroxyl groups excluding tert-OH is 1. The molecule has 0 saturated heterocycles. The highest BCUT2D eigenvalue weighted by Gasteiger charge is 2.11. The van der Waals surface area contributed by atoms with E-state index in [0.29, 0.717) is 11.8 Å². The van der Waals surface area contributed by atoms with Gasteiger partial charge in [0.15, 0.2) is 0 Å². The quantitative estimate of drug-likeness (QED) is 0.778. The van der Waals surface area contributed by atoms with E-state index in [0.717, 1.165) is 12.2 Å². The summed E-state index contributed by atoms with van der Waals surface area (Å²) < 4.78 is 0. The van der Waals surface area contributed by atoms with Crippen LogP contribution in [-0.2, 0) is 0 Å². The van der Waals surface area contributed by atoms with Crippen LogP contribution < -0.4 is 5.32 Å². The Morgan fingerprint density at radius 1 is 1.33 bits per heavy atom. The molecule has 0 radical (unpaired) electrons. The molecule has 84 valence electrons. The predicted molar refractivity (Wildman–Crippen MR) is 65.1 cm³/mol. The molecule has 1 atom stereocenters. The Labute approximate surface area is 92.3 Å². The summed E-state index contributed by atoms with van der Waals surface area (Å²) in [5.41, 5.74) is 2.39. The number of hydrogen-bond donors (Lipinski definition) is 2. The van der Waals surface area contributed by atoms with Crippen LogP contribution in [0.3, 0.4) is 0 Å². The molecule has 1 aromatic carbocycles. The molecule has 0 spiro atoms. The van der Waals surface area contributed by atoms with E-state index < -0.39 is 0 Å². The lowest BCUT2D eigenvalue weighted by Gasteiger charge is -2.19. The monoisotopic (exact) mass is 207 g/mol. The van der Waals surface area contributed by atoms with E-state index in [4.69, 9.17) is 0 Å². The molecule has 0 heterocycles. The number of anilines is 1. The highest BCUT2D eigenvalue weighted by Crippen LogP contribution is 2.13. The van der Waals surface area contributed by atoms with Gasteiger partial charge in [-0.1, -0.05) is 26.0 Å². The Kier molecular flexibility index (Phi) is 4.63. The minimum atomic E-state index is 0.247. The van der Waals surface area contributed by atoms with Crippen molar-refractivity contribution in [3.05, 3.63) is 29.8 Å². The summed E-state index contributed by atoms with van der Waals surface area (Å²) in [4.78, 5) is 0. The minimum Gasteiger partial charge on any atom is -0.396 e. The van der Waals surface area contributed by atoms with E-state index in [9.17, 15) is 5.11 Å². The van der Waals surface area contributed by atoms with Gasteiger partial charge in [-0.15, -0.1) is 0 Å². The van der Waals surface area contributed by atoms with Gasteiger partial charge in [0, 0.05) is 24.8 Å². The summed E-state index contributed by atoms with van der Waals surface area (Å²) >= 11 is 0. The number of aliphatic hydroxyl groups is 1. The van der Waals surface area contributed by atoms with Gasteiger partial charge in [-0.3, -0.25) is 0 Å². The zero-order chi connectivity index (χ0) is 11.3. The van der Waals surface area contributed by atoms with Gasteiger partial charge in [0.25, 0.3) is 0 Å². The molecule has 0 aromatic heterocycles. The third kappa shape index (κ3) is 3.92. The second-order valence-electron chi connectivity index (χ2n) is 4.44. The van der Waals surface area contributed by atoms with Gasteiger partial charge >= 0.3 is 0 Å². The van der Waals surface area contributed by atoms with Crippen LogP contribution in [-0.4, -0.2) is 18.3 Å². The summed E-state index contributed by atoms with van der Waals surface area (Å²) in [5.74, 6) is 0.831. The van der Waals surface area contributed by atoms with E-state index >= 15 is 0 Å².